The number of anilines is 2. The third-order valence-corrected chi connectivity index (χ3v) is 5.02. The molecule has 2 N–H and O–H groups in total. The van der Waals surface area contributed by atoms with Crippen LogP contribution in [0.4, 0.5) is 20.8 Å². The molecule has 13 heteroatoms. The number of rotatable bonds is 8. The largest absolute Gasteiger partial charge is 0.507 e. The van der Waals surface area contributed by atoms with E-state index in [4.69, 9.17) is 21.4 Å². The fourth-order valence-electron chi connectivity index (χ4n) is 3.06. The van der Waals surface area contributed by atoms with Crippen molar-refractivity contribution in [3.05, 3.63) is 104 Å². The van der Waals surface area contributed by atoms with E-state index >= 15 is 0 Å². The molecular weight excluding hydrogens is 497 g/mol. The van der Waals surface area contributed by atoms with Gasteiger partial charge in [0.05, 0.1) is 6.54 Å². The second-order valence-electron chi connectivity index (χ2n) is 7.22. The lowest BCUT2D eigenvalue weighted by Gasteiger charge is -2.15. The molecule has 4 rings (SSSR count). The Bertz CT molecular complexity index is 1510. The monoisotopic (exact) mass is 513 g/mol. The van der Waals surface area contributed by atoms with E-state index in [0.717, 1.165) is 4.57 Å². The molecule has 0 saturated heterocycles. The van der Waals surface area contributed by atoms with Gasteiger partial charge in [-0.3, -0.25) is 4.57 Å². The summed E-state index contributed by atoms with van der Waals surface area (Å²) in [5.41, 5.74) is -0.766. The molecule has 0 saturated carbocycles. The van der Waals surface area contributed by atoms with Crippen LogP contribution in [0.25, 0.3) is 0 Å². The maximum atomic E-state index is 13.8. The first kappa shape index (κ1) is 24.4. The Morgan fingerprint density at radius 1 is 1.06 bits per heavy atom. The van der Waals surface area contributed by atoms with Crippen LogP contribution in [0.2, 0.25) is 5.02 Å². The number of aromatic nitrogens is 4. The number of nitrogens with zero attached hydrogens (tertiary/aromatic N) is 4. The summed E-state index contributed by atoms with van der Waals surface area (Å²) in [5.74, 6) is -0.617. The van der Waals surface area contributed by atoms with Crippen molar-refractivity contribution in [2.45, 2.75) is 13.3 Å². The molecule has 0 aliphatic carbocycles. The Morgan fingerprint density at radius 2 is 1.78 bits per heavy atom. The fourth-order valence-corrected chi connectivity index (χ4v) is 3.19. The van der Waals surface area contributed by atoms with Crippen molar-refractivity contribution in [1.82, 2.24) is 19.1 Å². The molecule has 4 aromatic rings. The summed E-state index contributed by atoms with van der Waals surface area (Å²) in [5, 5.41) is 12.1. The predicted molar refractivity (Wildman–Crippen MR) is 126 cm³/mol. The third kappa shape index (κ3) is 5.85. The number of nitrogens with one attached hydrogen (secondary N) is 1. The van der Waals surface area contributed by atoms with Crippen LogP contribution in [0, 0.1) is 5.82 Å². The number of hydrogen-bond acceptors (Lipinski definition) is 8. The summed E-state index contributed by atoms with van der Waals surface area (Å²) in [6.07, 6.45) is -0.260. The Morgan fingerprint density at radius 3 is 2.44 bits per heavy atom. The van der Waals surface area contributed by atoms with Gasteiger partial charge in [-0.1, -0.05) is 23.7 Å². The van der Waals surface area contributed by atoms with Crippen LogP contribution in [0.1, 0.15) is 5.56 Å². The normalized spacial score (nSPS) is 10.6. The summed E-state index contributed by atoms with van der Waals surface area (Å²) in [6, 6.07) is 15.5. The van der Waals surface area contributed by atoms with Gasteiger partial charge in [-0.25, -0.2) is 28.3 Å². The van der Waals surface area contributed by atoms with Gasteiger partial charge in [0, 0.05) is 16.9 Å². The molecule has 0 bridgehead atoms. The third-order valence-electron chi connectivity index (χ3n) is 4.77. The van der Waals surface area contributed by atoms with E-state index in [-0.39, 0.29) is 18.4 Å². The minimum Gasteiger partial charge on any atom is -0.450 e. The lowest BCUT2D eigenvalue weighted by atomic mass is 10.2. The number of carboxylic acid groups (broad SMARTS) is 1. The number of ether oxygens (including phenoxy) is 2. The molecule has 184 valence electrons. The Hall–Kier alpha value is -4.71. The topological polar surface area (TPSA) is 138 Å². The van der Waals surface area contributed by atoms with E-state index in [2.05, 4.69) is 20.0 Å². The highest BCUT2D eigenvalue weighted by atomic mass is 35.5. The van der Waals surface area contributed by atoms with Crippen molar-refractivity contribution in [2.24, 2.45) is 0 Å². The summed E-state index contributed by atoms with van der Waals surface area (Å²) >= 11 is 5.93. The molecule has 0 unspecified atom stereocenters. The number of carbonyl (C=O) groups is 1. The fraction of sp³-hybridized carbons (Fsp3) is 0.0870. The lowest BCUT2D eigenvalue weighted by molar-refractivity contribution is 0.0610. The van der Waals surface area contributed by atoms with E-state index in [1.807, 2.05) is 0 Å². The zero-order chi connectivity index (χ0) is 25.7. The van der Waals surface area contributed by atoms with E-state index < -0.39 is 30.1 Å². The van der Waals surface area contributed by atoms with Gasteiger partial charge in [-0.05, 0) is 54.1 Å². The standard InChI is InChI=1S/C23H17ClFN5O6/c24-15-5-3-14(4-6-15)12-29-20(28-21(31)30(22(29)32)13-35-23(33)34)27-16-7-9-17(10-8-16)36-19-18(25)2-1-11-26-19/h1-11H,12-13H2,(H,33,34)(H,27,28,31). The maximum Gasteiger partial charge on any atom is 0.507 e. The molecule has 0 aliphatic rings. The smallest absolute Gasteiger partial charge is 0.450 e. The van der Waals surface area contributed by atoms with Crippen molar-refractivity contribution in [3.63, 3.8) is 0 Å². The summed E-state index contributed by atoms with van der Waals surface area (Å²) in [7, 11) is 0. The van der Waals surface area contributed by atoms with Gasteiger partial charge in [-0.2, -0.15) is 4.98 Å². The van der Waals surface area contributed by atoms with Gasteiger partial charge < -0.3 is 19.9 Å². The number of benzene rings is 2. The van der Waals surface area contributed by atoms with Crippen molar-refractivity contribution < 1.29 is 23.8 Å². The minimum absolute atomic E-state index is 0.0150. The van der Waals surface area contributed by atoms with Crippen LogP contribution in [-0.2, 0) is 18.0 Å². The van der Waals surface area contributed by atoms with E-state index in [1.165, 1.54) is 30.5 Å². The summed E-state index contributed by atoms with van der Waals surface area (Å²) in [6.45, 7) is -0.837. The Balaban J connectivity index is 1.64. The molecule has 0 atom stereocenters. The molecule has 2 heterocycles. The van der Waals surface area contributed by atoms with E-state index in [9.17, 15) is 18.8 Å². The first-order valence-electron chi connectivity index (χ1n) is 10.3. The van der Waals surface area contributed by atoms with Crippen LogP contribution in [0.3, 0.4) is 0 Å². The summed E-state index contributed by atoms with van der Waals surface area (Å²) < 4.78 is 25.3. The van der Waals surface area contributed by atoms with Gasteiger partial charge in [0.2, 0.25) is 5.95 Å². The number of pyridine rings is 1. The maximum absolute atomic E-state index is 13.8. The van der Waals surface area contributed by atoms with Gasteiger partial charge >= 0.3 is 17.5 Å². The van der Waals surface area contributed by atoms with Gasteiger partial charge in [-0.15, -0.1) is 0 Å². The van der Waals surface area contributed by atoms with Crippen LogP contribution in [0.15, 0.2) is 76.4 Å². The van der Waals surface area contributed by atoms with Crippen molar-refractivity contribution in [2.75, 3.05) is 5.32 Å². The first-order chi connectivity index (χ1) is 17.3. The SMILES string of the molecule is O=C(O)OCn1c(=O)nc(Nc2ccc(Oc3ncccc3F)cc2)n(Cc2ccc(Cl)cc2)c1=O. The zero-order valence-electron chi connectivity index (χ0n) is 18.3. The minimum atomic E-state index is -1.65. The van der Waals surface area contributed by atoms with Crippen LogP contribution in [0.5, 0.6) is 11.6 Å². The zero-order valence-corrected chi connectivity index (χ0v) is 19.1. The van der Waals surface area contributed by atoms with E-state index in [0.29, 0.717) is 26.6 Å². The van der Waals surface area contributed by atoms with Crippen molar-refractivity contribution in [3.8, 4) is 11.6 Å². The second kappa shape index (κ2) is 10.7. The van der Waals surface area contributed by atoms with Gasteiger partial charge in [0.1, 0.15) is 5.75 Å². The molecule has 11 nitrogen and oxygen atoms in total. The average molecular weight is 514 g/mol. The van der Waals surface area contributed by atoms with Crippen LogP contribution < -0.4 is 21.4 Å². The molecule has 0 radical (unpaired) electrons. The Kier molecular flexibility index (Phi) is 7.25. The molecular formula is C23H17ClFN5O6. The summed E-state index contributed by atoms with van der Waals surface area (Å²) in [4.78, 5) is 44.0. The van der Waals surface area contributed by atoms with Crippen LogP contribution >= 0.6 is 11.6 Å². The lowest BCUT2D eigenvalue weighted by Crippen LogP contribution is -2.43. The molecule has 2 aromatic heterocycles. The first-order valence-corrected chi connectivity index (χ1v) is 10.7. The van der Waals surface area contributed by atoms with Crippen LogP contribution in [-0.4, -0.2) is 30.4 Å². The molecule has 0 amide bonds. The van der Waals surface area contributed by atoms with Crippen molar-refractivity contribution in [1.29, 1.82) is 0 Å². The molecule has 0 fully saturated rings. The van der Waals surface area contributed by atoms with E-state index in [1.54, 1.807) is 36.4 Å². The van der Waals surface area contributed by atoms with Crippen molar-refractivity contribution >= 4 is 29.4 Å². The van der Waals surface area contributed by atoms with Gasteiger partial charge in [0.15, 0.2) is 12.5 Å². The molecule has 36 heavy (non-hydrogen) atoms. The number of halogens is 2. The highest BCUT2D eigenvalue weighted by Gasteiger charge is 2.16. The molecule has 0 spiro atoms. The second-order valence-corrected chi connectivity index (χ2v) is 7.66. The average Bonchev–Trinajstić information content (AvgIpc) is 2.85. The molecule has 0 aliphatic heterocycles. The van der Waals surface area contributed by atoms with Gasteiger partial charge in [0.25, 0.3) is 5.88 Å². The highest BCUT2D eigenvalue weighted by Crippen LogP contribution is 2.24. The quantitative estimate of drug-likeness (QED) is 0.336. The highest BCUT2D eigenvalue weighted by molar-refractivity contribution is 6.30. The predicted octanol–water partition coefficient (Wildman–Crippen LogP) is 3.83. The number of hydrogen-bond donors (Lipinski definition) is 2. The Labute approximate surface area is 207 Å². The molecule has 2 aromatic carbocycles.